The molecule has 1 heterocycles. The Labute approximate surface area is 194 Å². The number of methoxy groups -OCH3 is 1. The van der Waals surface area contributed by atoms with Crippen LogP contribution in [0, 0.1) is 0 Å². The average molecular weight is 457 g/mol. The predicted molar refractivity (Wildman–Crippen MR) is 123 cm³/mol. The number of amides is 2. The number of morpholine rings is 1. The highest BCUT2D eigenvalue weighted by Crippen LogP contribution is 2.27. The monoisotopic (exact) mass is 456 g/mol. The van der Waals surface area contributed by atoms with Gasteiger partial charge >= 0.3 is 0 Å². The fourth-order valence-electron chi connectivity index (χ4n) is 4.52. The summed E-state index contributed by atoms with van der Waals surface area (Å²) in [6.45, 7) is 1.92. The molecule has 4 rings (SSSR count). The van der Waals surface area contributed by atoms with Gasteiger partial charge in [0.1, 0.15) is 5.75 Å². The number of nitrogens with zero attached hydrogens (tertiary/aromatic N) is 2. The molecule has 1 aliphatic carbocycles. The summed E-state index contributed by atoms with van der Waals surface area (Å²) >= 11 is 5.95. The highest BCUT2D eigenvalue weighted by Gasteiger charge is 2.33. The lowest BCUT2D eigenvalue weighted by atomic mass is 10.1. The third-order valence-electron chi connectivity index (χ3n) is 6.28. The second-order valence-electron chi connectivity index (χ2n) is 8.38. The Bertz CT molecular complexity index is 926. The van der Waals surface area contributed by atoms with Gasteiger partial charge in [0.2, 0.25) is 0 Å². The Morgan fingerprint density at radius 3 is 2.38 bits per heavy atom. The standard InChI is InChI=1S/C25H29ClN2O4/c1-31-22-12-8-19(9-13-22)25(30)28(21-4-2-3-5-21)17-23-16-27(14-15-32-23)24(29)18-6-10-20(26)11-7-18/h6-13,21,23H,2-5,14-17H2,1H3. The van der Waals surface area contributed by atoms with Gasteiger partial charge < -0.3 is 19.3 Å². The van der Waals surface area contributed by atoms with E-state index in [1.807, 2.05) is 21.9 Å². The number of carbonyl (C=O) groups is 2. The summed E-state index contributed by atoms with van der Waals surface area (Å²) in [4.78, 5) is 30.1. The summed E-state index contributed by atoms with van der Waals surface area (Å²) in [5, 5.41) is 0.602. The van der Waals surface area contributed by atoms with Crippen molar-refractivity contribution in [1.29, 1.82) is 0 Å². The van der Waals surface area contributed by atoms with Gasteiger partial charge in [0.15, 0.2) is 0 Å². The van der Waals surface area contributed by atoms with Crippen LogP contribution in [0.2, 0.25) is 5.02 Å². The minimum Gasteiger partial charge on any atom is -0.497 e. The minimum absolute atomic E-state index is 0.00399. The van der Waals surface area contributed by atoms with E-state index >= 15 is 0 Å². The summed E-state index contributed by atoms with van der Waals surface area (Å²) < 4.78 is 11.2. The molecular weight excluding hydrogens is 428 g/mol. The number of halogens is 1. The van der Waals surface area contributed by atoms with Crippen molar-refractivity contribution >= 4 is 23.4 Å². The third-order valence-corrected chi connectivity index (χ3v) is 6.53. The van der Waals surface area contributed by atoms with Crippen LogP contribution in [0.15, 0.2) is 48.5 Å². The molecule has 0 aromatic heterocycles. The van der Waals surface area contributed by atoms with Gasteiger partial charge in [0.05, 0.1) is 19.8 Å². The van der Waals surface area contributed by atoms with E-state index in [2.05, 4.69) is 0 Å². The first-order valence-corrected chi connectivity index (χ1v) is 11.5. The topological polar surface area (TPSA) is 59.1 Å². The molecule has 1 atom stereocenters. The molecule has 1 saturated heterocycles. The molecule has 1 unspecified atom stereocenters. The van der Waals surface area contributed by atoms with Gasteiger partial charge in [-0.3, -0.25) is 9.59 Å². The Hall–Kier alpha value is -2.57. The second-order valence-corrected chi connectivity index (χ2v) is 8.81. The van der Waals surface area contributed by atoms with Crippen LogP contribution in [-0.4, -0.2) is 67.1 Å². The van der Waals surface area contributed by atoms with Crippen molar-refractivity contribution in [3.05, 3.63) is 64.7 Å². The smallest absolute Gasteiger partial charge is 0.254 e. The number of carbonyl (C=O) groups excluding carboxylic acids is 2. The summed E-state index contributed by atoms with van der Waals surface area (Å²) in [5.74, 6) is 0.689. The maximum atomic E-state index is 13.4. The lowest BCUT2D eigenvalue weighted by molar-refractivity contribution is -0.0370. The van der Waals surface area contributed by atoms with Crippen LogP contribution >= 0.6 is 11.6 Å². The second kappa shape index (κ2) is 10.4. The average Bonchev–Trinajstić information content (AvgIpc) is 3.37. The molecule has 2 amide bonds. The predicted octanol–water partition coefficient (Wildman–Crippen LogP) is 4.27. The molecule has 0 N–H and O–H groups in total. The summed E-state index contributed by atoms with van der Waals surface area (Å²) in [7, 11) is 1.61. The SMILES string of the molecule is COc1ccc(C(=O)N(CC2CN(C(=O)c3ccc(Cl)cc3)CCO2)C2CCCC2)cc1. The molecule has 0 radical (unpaired) electrons. The van der Waals surface area contributed by atoms with Crippen LogP contribution in [0.25, 0.3) is 0 Å². The number of rotatable bonds is 6. The highest BCUT2D eigenvalue weighted by atomic mass is 35.5. The van der Waals surface area contributed by atoms with E-state index < -0.39 is 0 Å². The fourth-order valence-corrected chi connectivity index (χ4v) is 4.65. The molecule has 2 aromatic carbocycles. The van der Waals surface area contributed by atoms with E-state index in [9.17, 15) is 9.59 Å². The quantitative estimate of drug-likeness (QED) is 0.651. The minimum atomic E-state index is -0.220. The van der Waals surface area contributed by atoms with Gasteiger partial charge in [-0.1, -0.05) is 24.4 Å². The molecule has 0 bridgehead atoms. The van der Waals surface area contributed by atoms with E-state index in [-0.39, 0.29) is 24.0 Å². The van der Waals surface area contributed by atoms with Crippen LogP contribution in [0.5, 0.6) is 5.75 Å². The molecule has 1 aliphatic heterocycles. The number of ether oxygens (including phenoxy) is 2. The van der Waals surface area contributed by atoms with Crippen molar-refractivity contribution in [1.82, 2.24) is 9.80 Å². The summed E-state index contributed by atoms with van der Waals surface area (Å²) in [6, 6.07) is 14.4. The zero-order valence-electron chi connectivity index (χ0n) is 18.3. The molecule has 2 fully saturated rings. The van der Waals surface area contributed by atoms with E-state index in [1.54, 1.807) is 43.5 Å². The molecule has 7 heteroatoms. The lowest BCUT2D eigenvalue weighted by Crippen LogP contribution is -2.52. The Morgan fingerprint density at radius 1 is 1.06 bits per heavy atom. The summed E-state index contributed by atoms with van der Waals surface area (Å²) in [5.41, 5.74) is 1.25. The first-order chi connectivity index (χ1) is 15.5. The first-order valence-electron chi connectivity index (χ1n) is 11.2. The molecular formula is C25H29ClN2O4. The normalized spacial score (nSPS) is 19.1. The van der Waals surface area contributed by atoms with Crippen LogP contribution in [0.1, 0.15) is 46.4 Å². The zero-order chi connectivity index (χ0) is 22.5. The molecule has 1 saturated carbocycles. The molecule has 32 heavy (non-hydrogen) atoms. The van der Waals surface area contributed by atoms with Gasteiger partial charge in [0.25, 0.3) is 11.8 Å². The van der Waals surface area contributed by atoms with Gasteiger partial charge in [-0.05, 0) is 61.4 Å². The van der Waals surface area contributed by atoms with Gasteiger partial charge in [-0.15, -0.1) is 0 Å². The van der Waals surface area contributed by atoms with Crippen molar-refractivity contribution in [3.8, 4) is 5.75 Å². The number of hydrogen-bond donors (Lipinski definition) is 0. The van der Waals surface area contributed by atoms with Crippen LogP contribution in [-0.2, 0) is 4.74 Å². The zero-order valence-corrected chi connectivity index (χ0v) is 19.1. The molecule has 2 aromatic rings. The summed E-state index contributed by atoms with van der Waals surface area (Å²) in [6.07, 6.45) is 4.04. The van der Waals surface area contributed by atoms with Crippen molar-refractivity contribution in [2.45, 2.75) is 37.8 Å². The first kappa shape index (κ1) is 22.6. The lowest BCUT2D eigenvalue weighted by Gasteiger charge is -2.38. The van der Waals surface area contributed by atoms with E-state index in [1.165, 1.54) is 0 Å². The molecule has 0 spiro atoms. The largest absolute Gasteiger partial charge is 0.497 e. The molecule has 170 valence electrons. The fraction of sp³-hybridized carbons (Fsp3) is 0.440. The van der Waals surface area contributed by atoms with Crippen molar-refractivity contribution in [2.75, 3.05) is 33.4 Å². The van der Waals surface area contributed by atoms with Gasteiger partial charge in [0, 0.05) is 41.8 Å². The van der Waals surface area contributed by atoms with Crippen LogP contribution in [0.4, 0.5) is 0 Å². The van der Waals surface area contributed by atoms with Crippen LogP contribution < -0.4 is 4.74 Å². The van der Waals surface area contributed by atoms with E-state index in [0.717, 1.165) is 31.4 Å². The maximum absolute atomic E-state index is 13.4. The molecule has 6 nitrogen and oxygen atoms in total. The van der Waals surface area contributed by atoms with Gasteiger partial charge in [-0.2, -0.15) is 0 Å². The van der Waals surface area contributed by atoms with Crippen molar-refractivity contribution in [2.24, 2.45) is 0 Å². The Balaban J connectivity index is 1.46. The Kier molecular flexibility index (Phi) is 7.33. The maximum Gasteiger partial charge on any atom is 0.254 e. The van der Waals surface area contributed by atoms with E-state index in [4.69, 9.17) is 21.1 Å². The number of hydrogen-bond acceptors (Lipinski definition) is 4. The third kappa shape index (κ3) is 5.25. The van der Waals surface area contributed by atoms with Crippen LogP contribution in [0.3, 0.4) is 0 Å². The van der Waals surface area contributed by atoms with Crippen molar-refractivity contribution in [3.63, 3.8) is 0 Å². The highest BCUT2D eigenvalue weighted by molar-refractivity contribution is 6.30. The van der Waals surface area contributed by atoms with Gasteiger partial charge in [-0.25, -0.2) is 0 Å². The number of benzene rings is 2. The van der Waals surface area contributed by atoms with E-state index in [0.29, 0.717) is 42.4 Å². The molecule has 2 aliphatic rings. The Morgan fingerprint density at radius 2 is 1.72 bits per heavy atom. The van der Waals surface area contributed by atoms with Crippen molar-refractivity contribution < 1.29 is 19.1 Å².